The van der Waals surface area contributed by atoms with E-state index in [2.05, 4.69) is 21.7 Å². The Balaban J connectivity index is 1.58. The molecule has 1 heterocycles. The zero-order valence-electron chi connectivity index (χ0n) is 15.9. The van der Waals surface area contributed by atoms with Crippen LogP contribution in [0.5, 0.6) is 0 Å². The van der Waals surface area contributed by atoms with E-state index in [0.29, 0.717) is 18.7 Å². The molecule has 0 radical (unpaired) electrons. The molecule has 2 aromatic carbocycles. The number of aromatic nitrogens is 1. The van der Waals surface area contributed by atoms with Crippen LogP contribution in [-0.4, -0.2) is 23.3 Å². The molecule has 0 spiro atoms. The molecule has 27 heavy (non-hydrogen) atoms. The van der Waals surface area contributed by atoms with Crippen LogP contribution in [0.15, 0.2) is 54.7 Å². The number of benzene rings is 2. The maximum absolute atomic E-state index is 12.6. The number of carbonyl (C=O) groups is 2. The van der Waals surface area contributed by atoms with Crippen LogP contribution in [0.1, 0.15) is 25.0 Å². The van der Waals surface area contributed by atoms with Gasteiger partial charge in [0.1, 0.15) is 5.41 Å². The number of hydrogen-bond acceptors (Lipinski definition) is 2. The minimum atomic E-state index is -1.16. The summed E-state index contributed by atoms with van der Waals surface area (Å²) in [5.41, 5.74) is 2.81. The van der Waals surface area contributed by atoms with Crippen LogP contribution < -0.4 is 10.6 Å². The molecule has 1 aromatic heterocycles. The van der Waals surface area contributed by atoms with Crippen molar-refractivity contribution >= 4 is 28.4 Å². The van der Waals surface area contributed by atoms with E-state index in [9.17, 15) is 9.59 Å². The van der Waals surface area contributed by atoms with Crippen LogP contribution in [0, 0.1) is 12.3 Å². The Morgan fingerprint density at radius 3 is 2.59 bits per heavy atom. The van der Waals surface area contributed by atoms with Crippen LogP contribution in [0.25, 0.3) is 10.9 Å². The molecule has 0 fully saturated rings. The number of para-hydroxylation sites is 1. The number of anilines is 1. The molecule has 0 atom stereocenters. The van der Waals surface area contributed by atoms with Crippen molar-refractivity contribution < 1.29 is 9.59 Å². The van der Waals surface area contributed by atoms with Crippen LogP contribution in [0.3, 0.4) is 0 Å². The average molecular weight is 363 g/mol. The number of rotatable bonds is 6. The monoisotopic (exact) mass is 363 g/mol. The fraction of sp³-hybridized carbons (Fsp3) is 0.273. The summed E-state index contributed by atoms with van der Waals surface area (Å²) >= 11 is 0. The molecule has 5 nitrogen and oxygen atoms in total. The van der Waals surface area contributed by atoms with E-state index in [0.717, 1.165) is 22.0 Å². The second-order valence-corrected chi connectivity index (χ2v) is 7.31. The summed E-state index contributed by atoms with van der Waals surface area (Å²) in [4.78, 5) is 28.4. The Kier molecular flexibility index (Phi) is 5.31. The first-order valence-electron chi connectivity index (χ1n) is 9.09. The number of H-pyrrole nitrogens is 1. The Bertz CT molecular complexity index is 972. The molecule has 0 unspecified atom stereocenters. The summed E-state index contributed by atoms with van der Waals surface area (Å²) in [5, 5.41) is 6.87. The van der Waals surface area contributed by atoms with Crippen molar-refractivity contribution in [1.29, 1.82) is 0 Å². The summed E-state index contributed by atoms with van der Waals surface area (Å²) in [6.07, 6.45) is 2.66. The van der Waals surface area contributed by atoms with Crippen LogP contribution in [-0.2, 0) is 16.0 Å². The lowest BCUT2D eigenvalue weighted by atomic mass is 9.90. The van der Waals surface area contributed by atoms with Crippen molar-refractivity contribution in [3.8, 4) is 0 Å². The van der Waals surface area contributed by atoms with Crippen molar-refractivity contribution in [3.63, 3.8) is 0 Å². The Hall–Kier alpha value is -3.08. The van der Waals surface area contributed by atoms with E-state index >= 15 is 0 Å². The SMILES string of the molecule is Cc1cccc(NC(=O)C(C)(C)C(=O)NCCc2c[nH]c3ccccc23)c1. The summed E-state index contributed by atoms with van der Waals surface area (Å²) in [5.74, 6) is -0.606. The zero-order chi connectivity index (χ0) is 19.4. The highest BCUT2D eigenvalue weighted by Crippen LogP contribution is 2.21. The van der Waals surface area contributed by atoms with E-state index in [1.807, 2.05) is 55.6 Å². The standard InChI is InChI=1S/C22H25N3O2/c1-15-7-6-8-17(13-15)25-21(27)22(2,3)20(26)23-12-11-16-14-24-19-10-5-4-9-18(16)19/h4-10,13-14,24H,11-12H2,1-3H3,(H,23,26)(H,25,27). The van der Waals surface area contributed by atoms with Gasteiger partial charge in [0.25, 0.3) is 0 Å². The van der Waals surface area contributed by atoms with Crippen LogP contribution >= 0.6 is 0 Å². The first-order chi connectivity index (χ1) is 12.9. The molecule has 0 aliphatic carbocycles. The molecule has 5 heteroatoms. The normalized spacial score (nSPS) is 11.4. The first kappa shape index (κ1) is 18.7. The van der Waals surface area contributed by atoms with Gasteiger partial charge in [-0.05, 0) is 56.5 Å². The van der Waals surface area contributed by atoms with Gasteiger partial charge >= 0.3 is 0 Å². The molecule has 0 aliphatic rings. The minimum Gasteiger partial charge on any atom is -0.361 e. The lowest BCUT2D eigenvalue weighted by molar-refractivity contribution is -0.138. The van der Waals surface area contributed by atoms with Gasteiger partial charge in [-0.15, -0.1) is 0 Å². The van der Waals surface area contributed by atoms with E-state index in [-0.39, 0.29) is 11.8 Å². The predicted octanol–water partition coefficient (Wildman–Crippen LogP) is 3.80. The molecule has 0 aliphatic heterocycles. The van der Waals surface area contributed by atoms with Gasteiger partial charge in [0.2, 0.25) is 11.8 Å². The predicted molar refractivity (Wildman–Crippen MR) is 109 cm³/mol. The van der Waals surface area contributed by atoms with Crippen LogP contribution in [0.2, 0.25) is 0 Å². The molecule has 0 saturated carbocycles. The van der Waals surface area contributed by atoms with Gasteiger partial charge in [0.15, 0.2) is 0 Å². The highest BCUT2D eigenvalue weighted by Gasteiger charge is 2.35. The fourth-order valence-electron chi connectivity index (χ4n) is 2.98. The summed E-state index contributed by atoms with van der Waals surface area (Å²) in [6, 6.07) is 15.6. The molecule has 140 valence electrons. The van der Waals surface area contributed by atoms with Gasteiger partial charge in [-0.1, -0.05) is 30.3 Å². The first-order valence-corrected chi connectivity index (χ1v) is 9.09. The molecule has 3 rings (SSSR count). The highest BCUT2D eigenvalue weighted by molar-refractivity contribution is 6.09. The molecule has 0 bridgehead atoms. The number of nitrogens with one attached hydrogen (secondary N) is 3. The van der Waals surface area contributed by atoms with Gasteiger partial charge in [-0.2, -0.15) is 0 Å². The molecular formula is C22H25N3O2. The molecule has 3 aromatic rings. The maximum atomic E-state index is 12.6. The van der Waals surface area contributed by atoms with Crippen molar-refractivity contribution in [2.45, 2.75) is 27.2 Å². The number of amides is 2. The summed E-state index contributed by atoms with van der Waals surface area (Å²) in [7, 11) is 0. The largest absolute Gasteiger partial charge is 0.361 e. The van der Waals surface area contributed by atoms with Gasteiger partial charge < -0.3 is 15.6 Å². The van der Waals surface area contributed by atoms with E-state index < -0.39 is 5.41 Å². The average Bonchev–Trinajstić information content (AvgIpc) is 3.05. The molecule has 0 saturated heterocycles. The number of fused-ring (bicyclic) bond motifs is 1. The maximum Gasteiger partial charge on any atom is 0.239 e. The Labute approximate surface area is 159 Å². The van der Waals surface area contributed by atoms with Crippen molar-refractivity contribution in [2.75, 3.05) is 11.9 Å². The topological polar surface area (TPSA) is 74.0 Å². The molecular weight excluding hydrogens is 338 g/mol. The lowest BCUT2D eigenvalue weighted by Gasteiger charge is -2.22. The lowest BCUT2D eigenvalue weighted by Crippen LogP contribution is -2.45. The smallest absolute Gasteiger partial charge is 0.239 e. The molecule has 2 amide bonds. The number of hydrogen-bond donors (Lipinski definition) is 3. The summed E-state index contributed by atoms with van der Waals surface area (Å²) < 4.78 is 0. The third-order valence-electron chi connectivity index (χ3n) is 4.77. The van der Waals surface area contributed by atoms with Gasteiger partial charge in [0.05, 0.1) is 0 Å². The number of aryl methyl sites for hydroxylation is 1. The second-order valence-electron chi connectivity index (χ2n) is 7.31. The van der Waals surface area contributed by atoms with Crippen molar-refractivity contribution in [1.82, 2.24) is 10.3 Å². The van der Waals surface area contributed by atoms with E-state index in [4.69, 9.17) is 0 Å². The minimum absolute atomic E-state index is 0.285. The Morgan fingerprint density at radius 2 is 1.81 bits per heavy atom. The summed E-state index contributed by atoms with van der Waals surface area (Å²) in [6.45, 7) is 5.71. The highest BCUT2D eigenvalue weighted by atomic mass is 16.2. The third-order valence-corrected chi connectivity index (χ3v) is 4.77. The van der Waals surface area contributed by atoms with E-state index in [1.165, 1.54) is 0 Å². The van der Waals surface area contributed by atoms with Gasteiger partial charge in [-0.3, -0.25) is 9.59 Å². The number of carbonyl (C=O) groups excluding carboxylic acids is 2. The van der Waals surface area contributed by atoms with E-state index in [1.54, 1.807) is 13.8 Å². The fourth-order valence-corrected chi connectivity index (χ4v) is 2.98. The zero-order valence-corrected chi connectivity index (χ0v) is 15.9. The van der Waals surface area contributed by atoms with Crippen molar-refractivity contribution in [2.24, 2.45) is 5.41 Å². The van der Waals surface area contributed by atoms with Gasteiger partial charge in [-0.25, -0.2) is 0 Å². The number of aromatic amines is 1. The second kappa shape index (κ2) is 7.66. The van der Waals surface area contributed by atoms with Crippen LogP contribution in [0.4, 0.5) is 5.69 Å². The Morgan fingerprint density at radius 1 is 1.04 bits per heavy atom. The van der Waals surface area contributed by atoms with Crippen molar-refractivity contribution in [3.05, 3.63) is 65.9 Å². The van der Waals surface area contributed by atoms with Gasteiger partial charge in [0, 0.05) is 29.3 Å². The third kappa shape index (κ3) is 4.19. The quantitative estimate of drug-likeness (QED) is 0.583. The molecule has 3 N–H and O–H groups in total.